The van der Waals surface area contributed by atoms with E-state index in [0.717, 1.165) is 13.0 Å². The molecule has 21 heavy (non-hydrogen) atoms. The summed E-state index contributed by atoms with van der Waals surface area (Å²) in [6, 6.07) is 3.37. The molecule has 5 nitrogen and oxygen atoms in total. The Balaban J connectivity index is 2.13. The van der Waals surface area contributed by atoms with Gasteiger partial charge in [-0.05, 0) is 32.0 Å². The third kappa shape index (κ3) is 4.23. The van der Waals surface area contributed by atoms with E-state index in [1.165, 1.54) is 0 Å². The van der Waals surface area contributed by atoms with Gasteiger partial charge in [-0.25, -0.2) is 0 Å². The molecule has 2 aromatic rings. The highest BCUT2D eigenvalue weighted by molar-refractivity contribution is 6.41. The number of hydrogen-bond acceptors (Lipinski definition) is 5. The molecule has 2 N–H and O–H groups in total. The average molecular weight is 350 g/mol. The van der Waals surface area contributed by atoms with Crippen LogP contribution in [0, 0.1) is 0 Å². The van der Waals surface area contributed by atoms with Crippen LogP contribution in [0.25, 0.3) is 0 Å². The molecule has 1 unspecified atom stereocenters. The first-order valence-electron chi connectivity index (χ1n) is 6.49. The number of rotatable bonds is 6. The van der Waals surface area contributed by atoms with Crippen LogP contribution in [0.1, 0.15) is 32.2 Å². The first-order valence-corrected chi connectivity index (χ1v) is 7.63. The summed E-state index contributed by atoms with van der Waals surface area (Å²) < 4.78 is 5.54. The van der Waals surface area contributed by atoms with E-state index in [-0.39, 0.29) is 12.1 Å². The van der Waals surface area contributed by atoms with Crippen LogP contribution in [0.15, 0.2) is 16.5 Å². The molecule has 0 amide bonds. The highest BCUT2D eigenvalue weighted by Gasteiger charge is 2.15. The van der Waals surface area contributed by atoms with Crippen molar-refractivity contribution in [1.82, 2.24) is 15.5 Å². The number of nitrogens with one attached hydrogen (secondary N) is 2. The summed E-state index contributed by atoms with van der Waals surface area (Å²) in [4.78, 5) is 0. The second-order valence-corrected chi connectivity index (χ2v) is 5.74. The fraction of sp³-hybridized carbons (Fsp3) is 0.385. The minimum Gasteiger partial charge on any atom is -0.406 e. The first-order chi connectivity index (χ1) is 10.0. The second kappa shape index (κ2) is 7.31. The third-order valence-corrected chi connectivity index (χ3v) is 3.56. The lowest BCUT2D eigenvalue weighted by Crippen LogP contribution is -2.19. The van der Waals surface area contributed by atoms with Gasteiger partial charge in [0, 0.05) is 5.02 Å². The number of hydrogen-bond donors (Lipinski definition) is 2. The molecular weight excluding hydrogens is 335 g/mol. The Kier molecular flexibility index (Phi) is 5.70. The predicted molar refractivity (Wildman–Crippen MR) is 85.8 cm³/mol. The molecule has 0 saturated heterocycles. The largest absolute Gasteiger partial charge is 0.406 e. The van der Waals surface area contributed by atoms with E-state index in [1.54, 1.807) is 12.1 Å². The van der Waals surface area contributed by atoms with Gasteiger partial charge in [-0.15, -0.1) is 5.10 Å². The van der Waals surface area contributed by atoms with Crippen molar-refractivity contribution < 1.29 is 4.42 Å². The van der Waals surface area contributed by atoms with Crippen LogP contribution in [-0.4, -0.2) is 16.7 Å². The Morgan fingerprint density at radius 2 is 1.86 bits per heavy atom. The molecule has 0 saturated carbocycles. The Morgan fingerprint density at radius 1 is 1.19 bits per heavy atom. The lowest BCUT2D eigenvalue weighted by Gasteiger charge is -2.08. The van der Waals surface area contributed by atoms with E-state index in [2.05, 4.69) is 27.8 Å². The van der Waals surface area contributed by atoms with Gasteiger partial charge in [0.1, 0.15) is 0 Å². The summed E-state index contributed by atoms with van der Waals surface area (Å²) in [6.07, 6.45) is 1.03. The van der Waals surface area contributed by atoms with Crippen molar-refractivity contribution in [3.05, 3.63) is 33.1 Å². The fourth-order valence-corrected chi connectivity index (χ4v) is 2.59. The van der Waals surface area contributed by atoms with Crippen molar-refractivity contribution in [2.75, 3.05) is 11.9 Å². The molecule has 1 aromatic heterocycles. The normalized spacial score (nSPS) is 12.4. The highest BCUT2D eigenvalue weighted by Crippen LogP contribution is 2.35. The Labute approximate surface area is 138 Å². The van der Waals surface area contributed by atoms with Gasteiger partial charge in [-0.3, -0.25) is 0 Å². The number of anilines is 2. The zero-order chi connectivity index (χ0) is 15.4. The maximum atomic E-state index is 6.09. The number of nitrogens with zero attached hydrogens (tertiary/aromatic N) is 2. The molecule has 8 heteroatoms. The molecule has 1 heterocycles. The summed E-state index contributed by atoms with van der Waals surface area (Å²) in [7, 11) is 0. The smallest absolute Gasteiger partial charge is 0.320 e. The minimum absolute atomic E-state index is 0.0239. The van der Waals surface area contributed by atoms with Crippen LogP contribution in [0.5, 0.6) is 0 Å². The monoisotopic (exact) mass is 348 g/mol. The van der Waals surface area contributed by atoms with Crippen LogP contribution in [0.3, 0.4) is 0 Å². The van der Waals surface area contributed by atoms with E-state index in [1.807, 2.05) is 6.92 Å². The summed E-state index contributed by atoms with van der Waals surface area (Å²) in [5.74, 6) is 0.493. The summed E-state index contributed by atoms with van der Waals surface area (Å²) >= 11 is 18.0. The predicted octanol–water partition coefficient (Wildman–Crippen LogP) is 4.83. The van der Waals surface area contributed by atoms with Crippen LogP contribution in [0.2, 0.25) is 15.1 Å². The molecule has 0 aliphatic rings. The molecular formula is C13H15Cl3N4O. The maximum Gasteiger partial charge on any atom is 0.320 e. The lowest BCUT2D eigenvalue weighted by atomic mass is 10.3. The van der Waals surface area contributed by atoms with Crippen molar-refractivity contribution >= 4 is 46.5 Å². The summed E-state index contributed by atoms with van der Waals surface area (Å²) in [5, 5.41) is 15.3. The Hall–Kier alpha value is -1.01. The van der Waals surface area contributed by atoms with Gasteiger partial charge in [0.25, 0.3) is 0 Å². The lowest BCUT2D eigenvalue weighted by molar-refractivity contribution is 0.424. The van der Waals surface area contributed by atoms with E-state index in [9.17, 15) is 0 Å². The zero-order valence-corrected chi connectivity index (χ0v) is 13.9. The summed E-state index contributed by atoms with van der Waals surface area (Å²) in [5.41, 5.74) is 0.479. The van der Waals surface area contributed by atoms with Gasteiger partial charge < -0.3 is 15.1 Å². The minimum atomic E-state index is -0.0239. The Morgan fingerprint density at radius 3 is 2.48 bits per heavy atom. The van der Waals surface area contributed by atoms with Crippen molar-refractivity contribution in [2.45, 2.75) is 26.3 Å². The summed E-state index contributed by atoms with van der Waals surface area (Å²) in [6.45, 7) is 4.92. The zero-order valence-electron chi connectivity index (χ0n) is 11.6. The molecule has 0 aliphatic heterocycles. The standard InChI is InChI=1S/C13H15Cl3N4O/c1-3-4-17-7(2)12-19-20-13(21-12)18-11-9(15)5-8(14)6-10(11)16/h5-7,17H,3-4H2,1-2H3,(H,18,20). The molecule has 0 aliphatic carbocycles. The Bertz CT molecular complexity index is 594. The van der Waals surface area contributed by atoms with E-state index in [0.29, 0.717) is 26.6 Å². The van der Waals surface area contributed by atoms with Gasteiger partial charge in [0.05, 0.1) is 21.8 Å². The molecule has 2 rings (SSSR count). The number of aromatic nitrogens is 2. The van der Waals surface area contributed by atoms with Crippen LogP contribution >= 0.6 is 34.8 Å². The molecule has 0 spiro atoms. The second-order valence-electron chi connectivity index (χ2n) is 4.49. The maximum absolute atomic E-state index is 6.09. The average Bonchev–Trinajstić information content (AvgIpc) is 2.89. The number of benzene rings is 1. The topological polar surface area (TPSA) is 63.0 Å². The molecule has 0 fully saturated rings. The molecule has 114 valence electrons. The van der Waals surface area contributed by atoms with E-state index >= 15 is 0 Å². The fourth-order valence-electron chi connectivity index (χ4n) is 1.68. The van der Waals surface area contributed by atoms with Gasteiger partial charge in [0.15, 0.2) is 0 Å². The molecule has 0 radical (unpaired) electrons. The molecule has 0 bridgehead atoms. The third-order valence-electron chi connectivity index (χ3n) is 2.75. The van der Waals surface area contributed by atoms with E-state index < -0.39 is 0 Å². The van der Waals surface area contributed by atoms with Crippen molar-refractivity contribution in [2.24, 2.45) is 0 Å². The van der Waals surface area contributed by atoms with Crippen LogP contribution in [0.4, 0.5) is 11.7 Å². The molecule has 1 aromatic carbocycles. The van der Waals surface area contributed by atoms with E-state index in [4.69, 9.17) is 39.2 Å². The number of halogens is 3. The highest BCUT2D eigenvalue weighted by atomic mass is 35.5. The van der Waals surface area contributed by atoms with Crippen LogP contribution < -0.4 is 10.6 Å². The van der Waals surface area contributed by atoms with Gasteiger partial charge in [0.2, 0.25) is 5.89 Å². The molecule has 1 atom stereocenters. The van der Waals surface area contributed by atoms with Crippen molar-refractivity contribution in [1.29, 1.82) is 0 Å². The SMILES string of the molecule is CCCNC(C)c1nnc(Nc2c(Cl)cc(Cl)cc2Cl)o1. The van der Waals surface area contributed by atoms with Gasteiger partial charge in [-0.1, -0.05) is 46.8 Å². The van der Waals surface area contributed by atoms with Crippen molar-refractivity contribution in [3.63, 3.8) is 0 Å². The van der Waals surface area contributed by atoms with Gasteiger partial charge >= 0.3 is 6.01 Å². The van der Waals surface area contributed by atoms with Crippen molar-refractivity contribution in [3.8, 4) is 0 Å². The quantitative estimate of drug-likeness (QED) is 0.781. The first kappa shape index (κ1) is 16.4. The van der Waals surface area contributed by atoms with Gasteiger partial charge in [-0.2, -0.15) is 0 Å². The van der Waals surface area contributed by atoms with Crippen LogP contribution in [-0.2, 0) is 0 Å².